The lowest BCUT2D eigenvalue weighted by Gasteiger charge is -2.29. The third-order valence-corrected chi connectivity index (χ3v) is 3.97. The average Bonchev–Trinajstić information content (AvgIpc) is 3.16. The highest BCUT2D eigenvalue weighted by Gasteiger charge is 2.52. The second kappa shape index (κ2) is 5.13. The van der Waals surface area contributed by atoms with Crippen molar-refractivity contribution in [3.8, 4) is 0 Å². The highest BCUT2D eigenvalue weighted by atomic mass is 19.1. The second-order valence-electron chi connectivity index (χ2n) is 6.70. The van der Waals surface area contributed by atoms with Crippen LogP contribution in [0.5, 0.6) is 0 Å². The van der Waals surface area contributed by atoms with Crippen molar-refractivity contribution in [2.45, 2.75) is 45.1 Å². The summed E-state index contributed by atoms with van der Waals surface area (Å²) in [5, 5.41) is 11.9. The minimum Gasteiger partial charge on any atom is -0.480 e. The maximum atomic E-state index is 13.0. The fourth-order valence-electron chi connectivity index (χ4n) is 2.46. The molecule has 4 nitrogen and oxygen atoms in total. The van der Waals surface area contributed by atoms with Crippen LogP contribution < -0.4 is 5.32 Å². The van der Waals surface area contributed by atoms with Gasteiger partial charge in [0.05, 0.1) is 5.41 Å². The smallest absolute Gasteiger partial charge is 0.326 e. The molecule has 5 heteroatoms. The molecule has 1 aromatic carbocycles. The van der Waals surface area contributed by atoms with E-state index in [2.05, 4.69) is 5.32 Å². The van der Waals surface area contributed by atoms with Crippen molar-refractivity contribution in [3.05, 3.63) is 35.6 Å². The Labute approximate surface area is 123 Å². The molecule has 114 valence electrons. The minimum atomic E-state index is -1.05. The number of aliphatic carboxylic acids is 1. The van der Waals surface area contributed by atoms with E-state index in [9.17, 15) is 19.1 Å². The van der Waals surface area contributed by atoms with Gasteiger partial charge in [0.1, 0.15) is 11.9 Å². The lowest BCUT2D eigenvalue weighted by Crippen LogP contribution is -2.52. The predicted molar refractivity (Wildman–Crippen MR) is 76.3 cm³/mol. The van der Waals surface area contributed by atoms with Gasteiger partial charge < -0.3 is 10.4 Å². The van der Waals surface area contributed by atoms with E-state index in [0.29, 0.717) is 12.8 Å². The molecule has 1 aromatic rings. The molecule has 1 aliphatic rings. The van der Waals surface area contributed by atoms with Crippen LogP contribution in [-0.2, 0) is 15.0 Å². The van der Waals surface area contributed by atoms with Crippen molar-refractivity contribution in [2.75, 3.05) is 0 Å². The summed E-state index contributed by atoms with van der Waals surface area (Å²) in [7, 11) is 0. The van der Waals surface area contributed by atoms with Crippen molar-refractivity contribution in [1.29, 1.82) is 0 Å². The van der Waals surface area contributed by atoms with Crippen LogP contribution in [0.2, 0.25) is 0 Å². The molecule has 2 N–H and O–H groups in total. The number of halogens is 1. The van der Waals surface area contributed by atoms with Crippen LogP contribution in [0, 0.1) is 11.2 Å². The highest BCUT2D eigenvalue weighted by Crippen LogP contribution is 2.48. The summed E-state index contributed by atoms with van der Waals surface area (Å²) in [4.78, 5) is 23.9. The van der Waals surface area contributed by atoms with E-state index in [1.165, 1.54) is 12.1 Å². The normalized spacial score (nSPS) is 17.9. The zero-order valence-corrected chi connectivity index (χ0v) is 12.4. The Morgan fingerprint density at radius 2 is 1.76 bits per heavy atom. The first-order chi connectivity index (χ1) is 9.67. The van der Waals surface area contributed by atoms with Gasteiger partial charge in [-0.25, -0.2) is 9.18 Å². The fourth-order valence-corrected chi connectivity index (χ4v) is 2.46. The summed E-state index contributed by atoms with van der Waals surface area (Å²) in [5.74, 6) is -1.70. The van der Waals surface area contributed by atoms with Gasteiger partial charge in [-0.05, 0) is 36.0 Å². The maximum absolute atomic E-state index is 13.0. The first kappa shape index (κ1) is 15.5. The van der Waals surface area contributed by atoms with Gasteiger partial charge in [0.15, 0.2) is 0 Å². The van der Waals surface area contributed by atoms with Crippen LogP contribution in [0.1, 0.15) is 39.2 Å². The van der Waals surface area contributed by atoms with Crippen molar-refractivity contribution >= 4 is 11.9 Å². The van der Waals surface area contributed by atoms with Gasteiger partial charge in [-0.1, -0.05) is 32.9 Å². The first-order valence-corrected chi connectivity index (χ1v) is 6.97. The molecule has 0 heterocycles. The molecule has 2 rings (SSSR count). The first-order valence-electron chi connectivity index (χ1n) is 6.97. The van der Waals surface area contributed by atoms with Crippen LogP contribution >= 0.6 is 0 Å². The Balaban J connectivity index is 2.20. The zero-order chi connectivity index (χ0) is 15.8. The molecule has 21 heavy (non-hydrogen) atoms. The number of carbonyl (C=O) groups excluding carboxylic acids is 1. The van der Waals surface area contributed by atoms with Gasteiger partial charge in [0.25, 0.3) is 0 Å². The monoisotopic (exact) mass is 293 g/mol. The number of rotatable bonds is 4. The Bertz CT molecular complexity index is 556. The summed E-state index contributed by atoms with van der Waals surface area (Å²) in [6, 6.07) is 4.87. The molecule has 1 aliphatic carbocycles. The predicted octanol–water partition coefficient (Wildman–Crippen LogP) is 2.47. The van der Waals surface area contributed by atoms with Gasteiger partial charge in [-0.15, -0.1) is 0 Å². The van der Waals surface area contributed by atoms with Crippen molar-refractivity contribution in [1.82, 2.24) is 5.32 Å². The lowest BCUT2D eigenvalue weighted by atomic mass is 9.85. The zero-order valence-electron chi connectivity index (χ0n) is 12.4. The lowest BCUT2D eigenvalue weighted by molar-refractivity contribution is -0.145. The van der Waals surface area contributed by atoms with Crippen LogP contribution in [-0.4, -0.2) is 23.0 Å². The van der Waals surface area contributed by atoms with Crippen LogP contribution in [0.4, 0.5) is 4.39 Å². The summed E-state index contributed by atoms with van der Waals surface area (Å²) in [6.45, 7) is 5.30. The molecule has 1 amide bonds. The summed E-state index contributed by atoms with van der Waals surface area (Å²) < 4.78 is 13.0. The largest absolute Gasteiger partial charge is 0.480 e. The molecule has 0 aliphatic heterocycles. The van der Waals surface area contributed by atoms with Crippen molar-refractivity contribution in [2.24, 2.45) is 5.41 Å². The van der Waals surface area contributed by atoms with Gasteiger partial charge in [0, 0.05) is 0 Å². The number of hydrogen-bond acceptors (Lipinski definition) is 2. The average molecular weight is 293 g/mol. The quantitative estimate of drug-likeness (QED) is 0.896. The van der Waals surface area contributed by atoms with E-state index in [1.807, 2.05) is 0 Å². The summed E-state index contributed by atoms with van der Waals surface area (Å²) in [5.41, 5.74) is -0.549. The number of nitrogens with one attached hydrogen (secondary N) is 1. The molecule has 1 saturated carbocycles. The van der Waals surface area contributed by atoms with Crippen molar-refractivity contribution < 1.29 is 19.1 Å². The Morgan fingerprint density at radius 1 is 1.24 bits per heavy atom. The van der Waals surface area contributed by atoms with E-state index >= 15 is 0 Å². The van der Waals surface area contributed by atoms with Gasteiger partial charge in [-0.2, -0.15) is 0 Å². The molecule has 0 aromatic heterocycles. The fraction of sp³-hybridized carbons (Fsp3) is 0.500. The number of carbonyl (C=O) groups is 2. The molecule has 0 saturated heterocycles. The number of benzene rings is 1. The molecule has 0 radical (unpaired) electrons. The third kappa shape index (κ3) is 3.06. The number of carboxylic acid groups (broad SMARTS) is 1. The number of amides is 1. The van der Waals surface area contributed by atoms with E-state index in [1.54, 1.807) is 32.9 Å². The van der Waals surface area contributed by atoms with E-state index in [4.69, 9.17) is 0 Å². The van der Waals surface area contributed by atoms with Crippen LogP contribution in [0.25, 0.3) is 0 Å². The Kier molecular flexibility index (Phi) is 3.78. The maximum Gasteiger partial charge on any atom is 0.326 e. The molecule has 1 fully saturated rings. The molecule has 0 unspecified atom stereocenters. The number of hydrogen-bond donors (Lipinski definition) is 2. The molecule has 0 bridgehead atoms. The molecular formula is C16H20FNO3. The van der Waals surface area contributed by atoms with E-state index < -0.39 is 22.8 Å². The molecular weight excluding hydrogens is 273 g/mol. The standard InChI is InChI=1S/C16H20FNO3/c1-15(2,3)12(13(19)20)18-14(21)16(8-9-16)10-4-6-11(17)7-5-10/h4-7,12H,8-9H2,1-3H3,(H,18,21)(H,19,20)/t12-/m0/s1. The van der Waals surface area contributed by atoms with Crippen LogP contribution in [0.15, 0.2) is 24.3 Å². The third-order valence-electron chi connectivity index (χ3n) is 3.97. The second-order valence-corrected chi connectivity index (χ2v) is 6.70. The summed E-state index contributed by atoms with van der Waals surface area (Å²) >= 11 is 0. The Hall–Kier alpha value is -1.91. The SMILES string of the molecule is CC(C)(C)[C@@H](NC(=O)C1(c2ccc(F)cc2)CC1)C(=O)O. The van der Waals surface area contributed by atoms with Gasteiger partial charge in [0.2, 0.25) is 5.91 Å². The van der Waals surface area contributed by atoms with Gasteiger partial charge in [-0.3, -0.25) is 4.79 Å². The topological polar surface area (TPSA) is 66.4 Å². The van der Waals surface area contributed by atoms with Gasteiger partial charge >= 0.3 is 5.97 Å². The Morgan fingerprint density at radius 3 is 2.14 bits per heavy atom. The summed E-state index contributed by atoms with van der Waals surface area (Å²) in [6.07, 6.45) is 1.31. The minimum absolute atomic E-state index is 0.295. The molecule has 1 atom stereocenters. The van der Waals surface area contributed by atoms with E-state index in [-0.39, 0.29) is 11.7 Å². The van der Waals surface area contributed by atoms with Crippen molar-refractivity contribution in [3.63, 3.8) is 0 Å². The molecule has 0 spiro atoms. The van der Waals surface area contributed by atoms with Crippen LogP contribution in [0.3, 0.4) is 0 Å². The number of carboxylic acids is 1. The van der Waals surface area contributed by atoms with E-state index in [0.717, 1.165) is 5.56 Å². The highest BCUT2D eigenvalue weighted by molar-refractivity contribution is 5.94.